The number of hydrogen-bond acceptors (Lipinski definition) is 4. The van der Waals surface area contributed by atoms with Gasteiger partial charge < -0.3 is 0 Å². The summed E-state index contributed by atoms with van der Waals surface area (Å²) in [5.41, 5.74) is 1.59. The number of hydrogen-bond donors (Lipinski definition) is 0. The van der Waals surface area contributed by atoms with Crippen molar-refractivity contribution in [2.45, 2.75) is 52.1 Å². The average Bonchev–Trinajstić information content (AvgIpc) is 2.39. The number of aryl methyl sites for hydroxylation is 1. The SMILES string of the molecule is Cc1ccc(/C=N\N2[C@H](C)CCC[C@@H]2C)cc1[N+](=O)[O-]. The Morgan fingerprint density at radius 3 is 2.60 bits per heavy atom. The van der Waals surface area contributed by atoms with Gasteiger partial charge in [0, 0.05) is 29.3 Å². The van der Waals surface area contributed by atoms with E-state index in [1.165, 1.54) is 6.42 Å². The number of piperidine rings is 1. The highest BCUT2D eigenvalue weighted by Crippen LogP contribution is 2.23. The molecule has 1 fully saturated rings. The Kier molecular flexibility index (Phi) is 4.37. The van der Waals surface area contributed by atoms with Gasteiger partial charge in [0.05, 0.1) is 11.1 Å². The quantitative estimate of drug-likeness (QED) is 0.482. The number of nitro benzene ring substituents is 1. The molecule has 0 radical (unpaired) electrons. The van der Waals surface area contributed by atoms with Crippen molar-refractivity contribution in [3.05, 3.63) is 39.4 Å². The summed E-state index contributed by atoms with van der Waals surface area (Å²) in [5.74, 6) is 0. The average molecular weight is 275 g/mol. The van der Waals surface area contributed by atoms with Gasteiger partial charge in [0.15, 0.2) is 0 Å². The molecule has 0 spiro atoms. The van der Waals surface area contributed by atoms with Gasteiger partial charge in [-0.3, -0.25) is 15.1 Å². The first-order valence-corrected chi connectivity index (χ1v) is 7.06. The molecule has 0 aliphatic carbocycles. The molecule has 0 amide bonds. The molecule has 0 N–H and O–H groups in total. The van der Waals surface area contributed by atoms with Crippen molar-refractivity contribution in [2.24, 2.45) is 5.10 Å². The van der Waals surface area contributed by atoms with Crippen molar-refractivity contribution < 1.29 is 4.92 Å². The van der Waals surface area contributed by atoms with Gasteiger partial charge in [-0.15, -0.1) is 0 Å². The molecule has 0 bridgehead atoms. The standard InChI is InChI=1S/C15H21N3O2/c1-11-7-8-14(9-15(11)18(19)20)10-16-17-12(2)5-4-6-13(17)3/h7-10,12-13H,4-6H2,1-3H3/b16-10-/t12-,13+. The van der Waals surface area contributed by atoms with Crippen LogP contribution in [0.3, 0.4) is 0 Å². The number of hydrazone groups is 1. The lowest BCUT2D eigenvalue weighted by Crippen LogP contribution is -2.39. The van der Waals surface area contributed by atoms with Gasteiger partial charge in [0.2, 0.25) is 0 Å². The number of nitrogens with zero attached hydrogens (tertiary/aromatic N) is 3. The summed E-state index contributed by atoms with van der Waals surface area (Å²) >= 11 is 0. The Morgan fingerprint density at radius 1 is 1.35 bits per heavy atom. The molecule has 0 saturated carbocycles. The van der Waals surface area contributed by atoms with Crippen LogP contribution in [-0.4, -0.2) is 28.2 Å². The smallest absolute Gasteiger partial charge is 0.272 e. The monoisotopic (exact) mass is 275 g/mol. The molecule has 108 valence electrons. The lowest BCUT2D eigenvalue weighted by molar-refractivity contribution is -0.385. The molecule has 0 unspecified atom stereocenters. The van der Waals surface area contributed by atoms with E-state index in [4.69, 9.17) is 0 Å². The van der Waals surface area contributed by atoms with Crippen LogP contribution < -0.4 is 0 Å². The zero-order valence-corrected chi connectivity index (χ0v) is 12.2. The lowest BCUT2D eigenvalue weighted by Gasteiger charge is -2.36. The van der Waals surface area contributed by atoms with Crippen LogP contribution in [0.1, 0.15) is 44.2 Å². The zero-order valence-electron chi connectivity index (χ0n) is 12.2. The predicted molar refractivity (Wildman–Crippen MR) is 80.0 cm³/mol. The van der Waals surface area contributed by atoms with E-state index < -0.39 is 0 Å². The molecule has 2 atom stereocenters. The van der Waals surface area contributed by atoms with Crippen LogP contribution in [0, 0.1) is 17.0 Å². The molecule has 5 heteroatoms. The molecule has 1 heterocycles. The number of benzene rings is 1. The summed E-state index contributed by atoms with van der Waals surface area (Å²) in [4.78, 5) is 10.6. The van der Waals surface area contributed by atoms with Crippen molar-refractivity contribution in [3.63, 3.8) is 0 Å². The first-order chi connectivity index (χ1) is 9.49. The number of nitro groups is 1. The van der Waals surface area contributed by atoms with Crippen molar-refractivity contribution >= 4 is 11.9 Å². The number of rotatable bonds is 3. The van der Waals surface area contributed by atoms with Crippen molar-refractivity contribution in [1.82, 2.24) is 5.01 Å². The van der Waals surface area contributed by atoms with Crippen LogP contribution in [0.4, 0.5) is 5.69 Å². The van der Waals surface area contributed by atoms with Crippen LogP contribution >= 0.6 is 0 Å². The highest BCUT2D eigenvalue weighted by molar-refractivity contribution is 5.80. The van der Waals surface area contributed by atoms with Crippen molar-refractivity contribution in [1.29, 1.82) is 0 Å². The van der Waals surface area contributed by atoms with Gasteiger partial charge in [-0.25, -0.2) is 0 Å². The molecule has 1 aliphatic heterocycles. The first-order valence-electron chi connectivity index (χ1n) is 7.06. The van der Waals surface area contributed by atoms with Crippen molar-refractivity contribution in [2.75, 3.05) is 0 Å². The summed E-state index contributed by atoms with van der Waals surface area (Å²) in [6, 6.07) is 6.07. The Balaban J connectivity index is 2.18. The second kappa shape index (κ2) is 6.03. The van der Waals surface area contributed by atoms with E-state index in [0.717, 1.165) is 18.4 Å². The van der Waals surface area contributed by atoms with Crippen LogP contribution in [0.25, 0.3) is 0 Å². The Morgan fingerprint density at radius 2 is 2.00 bits per heavy atom. The van der Waals surface area contributed by atoms with Gasteiger partial charge in [-0.2, -0.15) is 5.10 Å². The summed E-state index contributed by atoms with van der Waals surface area (Å²) < 4.78 is 0. The van der Waals surface area contributed by atoms with E-state index in [0.29, 0.717) is 17.6 Å². The van der Waals surface area contributed by atoms with Gasteiger partial charge in [-0.1, -0.05) is 12.1 Å². The largest absolute Gasteiger partial charge is 0.292 e. The first kappa shape index (κ1) is 14.5. The third kappa shape index (κ3) is 3.15. The third-order valence-electron chi connectivity index (χ3n) is 3.92. The summed E-state index contributed by atoms with van der Waals surface area (Å²) in [6.07, 6.45) is 5.26. The highest BCUT2D eigenvalue weighted by atomic mass is 16.6. The second-order valence-corrected chi connectivity index (χ2v) is 5.56. The molecule has 5 nitrogen and oxygen atoms in total. The molecule has 1 aliphatic rings. The lowest BCUT2D eigenvalue weighted by atomic mass is 10.00. The predicted octanol–water partition coefficient (Wildman–Crippen LogP) is 3.50. The Labute approximate surface area is 119 Å². The zero-order chi connectivity index (χ0) is 14.7. The molecular weight excluding hydrogens is 254 g/mol. The summed E-state index contributed by atoms with van der Waals surface area (Å²) in [7, 11) is 0. The molecule has 1 saturated heterocycles. The molecule has 1 aromatic carbocycles. The van der Waals surface area contributed by atoms with Gasteiger partial charge in [0.1, 0.15) is 0 Å². The molecule has 1 aromatic rings. The Bertz CT molecular complexity index is 518. The third-order valence-corrected chi connectivity index (χ3v) is 3.92. The van der Waals surface area contributed by atoms with Gasteiger partial charge in [-0.05, 0) is 40.0 Å². The van der Waals surface area contributed by atoms with E-state index in [1.807, 2.05) is 6.07 Å². The second-order valence-electron chi connectivity index (χ2n) is 5.56. The maximum Gasteiger partial charge on any atom is 0.272 e. The van der Waals surface area contributed by atoms with Crippen LogP contribution in [0.2, 0.25) is 0 Å². The van der Waals surface area contributed by atoms with E-state index >= 15 is 0 Å². The van der Waals surface area contributed by atoms with E-state index in [2.05, 4.69) is 24.0 Å². The fourth-order valence-corrected chi connectivity index (χ4v) is 2.67. The van der Waals surface area contributed by atoms with E-state index in [-0.39, 0.29) is 10.6 Å². The topological polar surface area (TPSA) is 58.7 Å². The highest BCUT2D eigenvalue weighted by Gasteiger charge is 2.22. The minimum Gasteiger partial charge on any atom is -0.292 e. The minimum atomic E-state index is -0.348. The minimum absolute atomic E-state index is 0.147. The van der Waals surface area contributed by atoms with E-state index in [1.54, 1.807) is 25.3 Å². The van der Waals surface area contributed by atoms with Crippen LogP contribution in [0.5, 0.6) is 0 Å². The Hall–Kier alpha value is -1.91. The molecular formula is C15H21N3O2. The van der Waals surface area contributed by atoms with Gasteiger partial charge >= 0.3 is 0 Å². The van der Waals surface area contributed by atoms with Crippen molar-refractivity contribution in [3.8, 4) is 0 Å². The maximum atomic E-state index is 10.9. The summed E-state index contributed by atoms with van der Waals surface area (Å²) in [5, 5.41) is 17.6. The molecule has 20 heavy (non-hydrogen) atoms. The van der Waals surface area contributed by atoms with Gasteiger partial charge in [0.25, 0.3) is 5.69 Å². The summed E-state index contributed by atoms with van der Waals surface area (Å²) in [6.45, 7) is 6.09. The fraction of sp³-hybridized carbons (Fsp3) is 0.533. The maximum absolute atomic E-state index is 10.9. The van der Waals surface area contributed by atoms with Crippen LogP contribution in [0.15, 0.2) is 23.3 Å². The normalized spacial score (nSPS) is 23.2. The van der Waals surface area contributed by atoms with E-state index in [9.17, 15) is 10.1 Å². The molecule has 2 rings (SSSR count). The van der Waals surface area contributed by atoms with Crippen LogP contribution in [-0.2, 0) is 0 Å². The molecule has 0 aromatic heterocycles. The fourth-order valence-electron chi connectivity index (χ4n) is 2.67.